The van der Waals surface area contributed by atoms with E-state index in [4.69, 9.17) is 11.6 Å². The highest BCUT2D eigenvalue weighted by Gasteiger charge is 2.37. The van der Waals surface area contributed by atoms with Gasteiger partial charge in [0.25, 0.3) is 0 Å². The summed E-state index contributed by atoms with van der Waals surface area (Å²) in [5, 5.41) is -0.643. The number of hydrogen-bond acceptors (Lipinski definition) is 3. The second-order valence-corrected chi connectivity index (χ2v) is 3.01. The minimum Gasteiger partial charge on any atom is -0.279 e. The molecule has 1 aliphatic rings. The van der Waals surface area contributed by atoms with Crippen LogP contribution < -0.4 is 0 Å². The number of halogens is 1. The molecule has 0 bridgehead atoms. The number of imide groups is 1. The first-order chi connectivity index (χ1) is 5.54. The molecule has 1 rings (SSSR count). The normalized spacial score (nSPS) is 23.0. The molecule has 1 aliphatic heterocycles. The molecular weight excluding hydrogens is 182 g/mol. The van der Waals surface area contributed by atoms with Gasteiger partial charge >= 0.3 is 0 Å². The summed E-state index contributed by atoms with van der Waals surface area (Å²) in [5.41, 5.74) is 0. The highest BCUT2D eigenvalue weighted by molar-refractivity contribution is 6.65. The van der Waals surface area contributed by atoms with Crippen molar-refractivity contribution in [2.75, 3.05) is 0 Å². The average molecular weight is 190 g/mol. The van der Waals surface area contributed by atoms with Gasteiger partial charge in [0.2, 0.25) is 17.1 Å². The predicted octanol–water partition coefficient (Wildman–Crippen LogP) is 0.289. The SMILES string of the molecule is CC(=O)N1C(=O)CC[C@H]1C(=O)Cl. The van der Waals surface area contributed by atoms with Crippen LogP contribution in [0.5, 0.6) is 0 Å². The van der Waals surface area contributed by atoms with Crippen molar-refractivity contribution in [1.82, 2.24) is 4.90 Å². The lowest BCUT2D eigenvalue weighted by Gasteiger charge is -2.17. The first-order valence-corrected chi connectivity index (χ1v) is 3.94. The summed E-state index contributed by atoms with van der Waals surface area (Å²) in [6.07, 6.45) is 0.573. The van der Waals surface area contributed by atoms with Crippen molar-refractivity contribution in [1.29, 1.82) is 0 Å². The van der Waals surface area contributed by atoms with Gasteiger partial charge in [-0.05, 0) is 18.0 Å². The molecule has 66 valence electrons. The van der Waals surface area contributed by atoms with Crippen molar-refractivity contribution in [3.05, 3.63) is 0 Å². The molecule has 0 unspecified atom stereocenters. The Morgan fingerprint density at radius 2 is 2.17 bits per heavy atom. The minimum atomic E-state index is -0.739. The second kappa shape index (κ2) is 3.23. The third-order valence-corrected chi connectivity index (χ3v) is 2.07. The highest BCUT2D eigenvalue weighted by atomic mass is 35.5. The number of amides is 2. The van der Waals surface area contributed by atoms with Crippen molar-refractivity contribution < 1.29 is 14.4 Å². The van der Waals surface area contributed by atoms with Crippen molar-refractivity contribution in [2.24, 2.45) is 0 Å². The summed E-state index contributed by atoms with van der Waals surface area (Å²) in [7, 11) is 0. The van der Waals surface area contributed by atoms with E-state index in [9.17, 15) is 14.4 Å². The van der Waals surface area contributed by atoms with Gasteiger partial charge in [0.15, 0.2) is 0 Å². The molecule has 1 saturated heterocycles. The zero-order valence-corrected chi connectivity index (χ0v) is 7.30. The maximum atomic E-state index is 11.0. The molecule has 0 aliphatic carbocycles. The fraction of sp³-hybridized carbons (Fsp3) is 0.571. The molecule has 12 heavy (non-hydrogen) atoms. The molecule has 2 amide bonds. The quantitative estimate of drug-likeness (QED) is 0.557. The van der Waals surface area contributed by atoms with E-state index in [1.807, 2.05) is 0 Å². The Morgan fingerprint density at radius 1 is 1.58 bits per heavy atom. The van der Waals surface area contributed by atoms with E-state index in [0.717, 1.165) is 4.90 Å². The average Bonchev–Trinajstić information content (AvgIpc) is 2.30. The van der Waals surface area contributed by atoms with Crippen LogP contribution in [0.4, 0.5) is 0 Å². The smallest absolute Gasteiger partial charge is 0.244 e. The van der Waals surface area contributed by atoms with Gasteiger partial charge in [-0.3, -0.25) is 19.3 Å². The van der Waals surface area contributed by atoms with E-state index in [0.29, 0.717) is 6.42 Å². The Labute approximate surface area is 74.5 Å². The van der Waals surface area contributed by atoms with E-state index in [2.05, 4.69) is 0 Å². The maximum absolute atomic E-state index is 11.0. The Balaban J connectivity index is 2.84. The lowest BCUT2D eigenvalue weighted by molar-refractivity contribution is -0.144. The van der Waals surface area contributed by atoms with Crippen LogP contribution in [0.15, 0.2) is 0 Å². The van der Waals surface area contributed by atoms with E-state index in [1.54, 1.807) is 0 Å². The predicted molar refractivity (Wildman–Crippen MR) is 41.4 cm³/mol. The Hall–Kier alpha value is -0.900. The van der Waals surface area contributed by atoms with Gasteiger partial charge in [0, 0.05) is 13.3 Å². The zero-order valence-electron chi connectivity index (χ0n) is 6.54. The van der Waals surface area contributed by atoms with E-state index < -0.39 is 17.2 Å². The molecular formula is C7H8ClNO3. The van der Waals surface area contributed by atoms with Gasteiger partial charge in [0.05, 0.1) is 0 Å². The number of nitrogens with zero attached hydrogens (tertiary/aromatic N) is 1. The van der Waals surface area contributed by atoms with E-state index >= 15 is 0 Å². The van der Waals surface area contributed by atoms with Crippen LogP contribution >= 0.6 is 11.6 Å². The molecule has 0 aromatic heterocycles. The molecule has 0 spiro atoms. The summed E-state index contributed by atoms with van der Waals surface area (Å²) in [5.74, 6) is -0.738. The van der Waals surface area contributed by atoms with Gasteiger partial charge in [-0.15, -0.1) is 0 Å². The summed E-state index contributed by atoms with van der Waals surface area (Å²) in [6, 6.07) is -0.739. The standard InChI is InChI=1S/C7H8ClNO3/c1-4(10)9-5(7(8)12)2-3-6(9)11/h5H,2-3H2,1H3/t5-/m0/s1. The Bertz CT molecular complexity index is 251. The van der Waals surface area contributed by atoms with Crippen LogP contribution in [0, 0.1) is 0 Å². The van der Waals surface area contributed by atoms with Gasteiger partial charge in [0.1, 0.15) is 6.04 Å². The fourth-order valence-corrected chi connectivity index (χ4v) is 1.50. The maximum Gasteiger partial charge on any atom is 0.244 e. The molecule has 0 N–H and O–H groups in total. The molecule has 0 aromatic carbocycles. The molecule has 0 saturated carbocycles. The number of hydrogen-bond donors (Lipinski definition) is 0. The van der Waals surface area contributed by atoms with Crippen LogP contribution in [-0.4, -0.2) is 28.0 Å². The highest BCUT2D eigenvalue weighted by Crippen LogP contribution is 2.20. The van der Waals surface area contributed by atoms with Crippen molar-refractivity contribution in [3.8, 4) is 0 Å². The summed E-state index contributed by atoms with van der Waals surface area (Å²) < 4.78 is 0. The Morgan fingerprint density at radius 3 is 2.50 bits per heavy atom. The first kappa shape index (κ1) is 9.19. The molecule has 4 nitrogen and oxygen atoms in total. The molecule has 1 fully saturated rings. The molecule has 1 atom stereocenters. The van der Waals surface area contributed by atoms with Crippen LogP contribution in [0.25, 0.3) is 0 Å². The van der Waals surface area contributed by atoms with Gasteiger partial charge in [-0.2, -0.15) is 0 Å². The van der Waals surface area contributed by atoms with Crippen molar-refractivity contribution >= 4 is 28.7 Å². The Kier molecular flexibility index (Phi) is 2.47. The molecule has 0 aromatic rings. The van der Waals surface area contributed by atoms with Crippen molar-refractivity contribution in [3.63, 3.8) is 0 Å². The van der Waals surface area contributed by atoms with Gasteiger partial charge in [-0.1, -0.05) is 0 Å². The minimum absolute atomic E-state index is 0.225. The lowest BCUT2D eigenvalue weighted by Crippen LogP contribution is -2.40. The van der Waals surface area contributed by atoms with Gasteiger partial charge in [-0.25, -0.2) is 0 Å². The van der Waals surface area contributed by atoms with Gasteiger partial charge < -0.3 is 0 Å². The lowest BCUT2D eigenvalue weighted by atomic mass is 10.2. The largest absolute Gasteiger partial charge is 0.279 e. The second-order valence-electron chi connectivity index (χ2n) is 2.64. The summed E-state index contributed by atoms with van der Waals surface area (Å²) >= 11 is 5.20. The third-order valence-electron chi connectivity index (χ3n) is 1.81. The first-order valence-electron chi connectivity index (χ1n) is 3.56. The van der Waals surface area contributed by atoms with E-state index in [-0.39, 0.29) is 12.3 Å². The fourth-order valence-electron chi connectivity index (χ4n) is 1.29. The van der Waals surface area contributed by atoms with E-state index in [1.165, 1.54) is 6.92 Å². The summed E-state index contributed by atoms with van der Waals surface area (Å²) in [6.45, 7) is 1.25. The number of carbonyl (C=O) groups is 3. The van der Waals surface area contributed by atoms with Crippen LogP contribution in [0.1, 0.15) is 19.8 Å². The zero-order chi connectivity index (χ0) is 9.30. The molecule has 5 heteroatoms. The summed E-state index contributed by atoms with van der Waals surface area (Å²) in [4.78, 5) is 33.5. The molecule has 1 heterocycles. The topological polar surface area (TPSA) is 54.5 Å². The van der Waals surface area contributed by atoms with Crippen LogP contribution in [0.3, 0.4) is 0 Å². The third kappa shape index (κ3) is 1.48. The molecule has 0 radical (unpaired) electrons. The van der Waals surface area contributed by atoms with Crippen molar-refractivity contribution in [2.45, 2.75) is 25.8 Å². The van der Waals surface area contributed by atoms with Crippen LogP contribution in [-0.2, 0) is 14.4 Å². The monoisotopic (exact) mass is 189 g/mol. The van der Waals surface area contributed by atoms with Crippen LogP contribution in [0.2, 0.25) is 0 Å². The number of carbonyl (C=O) groups excluding carboxylic acids is 3. The number of likely N-dealkylation sites (tertiary alicyclic amines) is 1. The number of rotatable bonds is 1.